The van der Waals surface area contributed by atoms with Crippen molar-refractivity contribution in [3.63, 3.8) is 0 Å². The van der Waals surface area contributed by atoms with E-state index in [1.807, 2.05) is 6.07 Å². The third-order valence-corrected chi connectivity index (χ3v) is 4.81. The summed E-state index contributed by atoms with van der Waals surface area (Å²) in [5.41, 5.74) is 0.475. The standard InChI is InChI=1S/C15H11BrO4S/c16-11-2-1-3-12(7-11)21(18)8-13(17)10-4-5-14-15(6-10)20-9-19-14/h1-7H,8-9H2. The van der Waals surface area contributed by atoms with E-state index in [2.05, 4.69) is 15.9 Å². The number of halogens is 1. The van der Waals surface area contributed by atoms with E-state index in [0.717, 1.165) is 4.47 Å². The lowest BCUT2D eigenvalue weighted by atomic mass is 10.1. The number of Topliss-reactive ketones (excluding diaryl/α,β-unsaturated/α-hetero) is 1. The van der Waals surface area contributed by atoms with E-state index in [1.54, 1.807) is 36.4 Å². The fourth-order valence-corrected chi connectivity index (χ4v) is 3.58. The van der Waals surface area contributed by atoms with Crippen LogP contribution in [0.3, 0.4) is 0 Å². The number of ether oxygens (including phenoxy) is 2. The molecule has 4 nitrogen and oxygen atoms in total. The van der Waals surface area contributed by atoms with Crippen molar-refractivity contribution >= 4 is 32.5 Å². The number of benzene rings is 2. The second-order valence-electron chi connectivity index (χ2n) is 4.44. The van der Waals surface area contributed by atoms with Crippen molar-refractivity contribution in [1.82, 2.24) is 0 Å². The maximum atomic E-state index is 12.2. The molecular formula is C15H11BrO4S. The van der Waals surface area contributed by atoms with E-state index >= 15 is 0 Å². The molecule has 1 unspecified atom stereocenters. The van der Waals surface area contributed by atoms with E-state index in [0.29, 0.717) is 22.0 Å². The summed E-state index contributed by atoms with van der Waals surface area (Å²) in [6.07, 6.45) is 0. The van der Waals surface area contributed by atoms with Crippen LogP contribution < -0.4 is 9.47 Å². The van der Waals surface area contributed by atoms with Gasteiger partial charge < -0.3 is 9.47 Å². The van der Waals surface area contributed by atoms with E-state index < -0.39 is 10.8 Å². The molecule has 1 atom stereocenters. The SMILES string of the molecule is O=C(CS(=O)c1cccc(Br)c1)c1ccc2c(c1)OCO2. The summed E-state index contributed by atoms with van der Waals surface area (Å²) in [6, 6.07) is 12.1. The molecule has 0 radical (unpaired) electrons. The first kappa shape index (κ1) is 14.3. The molecule has 2 aromatic carbocycles. The molecule has 1 aliphatic heterocycles. The molecule has 21 heavy (non-hydrogen) atoms. The number of carbonyl (C=O) groups excluding carboxylic acids is 1. The van der Waals surface area contributed by atoms with Gasteiger partial charge in [-0.2, -0.15) is 0 Å². The van der Waals surface area contributed by atoms with Gasteiger partial charge >= 0.3 is 0 Å². The monoisotopic (exact) mass is 366 g/mol. The quantitative estimate of drug-likeness (QED) is 0.779. The highest BCUT2D eigenvalue weighted by Crippen LogP contribution is 2.32. The van der Waals surface area contributed by atoms with Crippen molar-refractivity contribution in [2.24, 2.45) is 0 Å². The topological polar surface area (TPSA) is 52.6 Å². The van der Waals surface area contributed by atoms with E-state index in [-0.39, 0.29) is 18.3 Å². The summed E-state index contributed by atoms with van der Waals surface area (Å²) in [5, 5.41) is 0. The molecule has 0 N–H and O–H groups in total. The molecule has 0 spiro atoms. The van der Waals surface area contributed by atoms with Gasteiger partial charge in [-0.3, -0.25) is 9.00 Å². The largest absolute Gasteiger partial charge is 0.454 e. The van der Waals surface area contributed by atoms with Crippen LogP contribution in [0.5, 0.6) is 11.5 Å². The van der Waals surface area contributed by atoms with Crippen LogP contribution in [-0.2, 0) is 10.8 Å². The molecule has 108 valence electrons. The van der Waals surface area contributed by atoms with Crippen molar-refractivity contribution in [2.45, 2.75) is 4.90 Å². The molecule has 0 saturated heterocycles. The van der Waals surface area contributed by atoms with E-state index in [4.69, 9.17) is 9.47 Å². The van der Waals surface area contributed by atoms with Gasteiger partial charge in [0, 0.05) is 14.9 Å². The minimum absolute atomic E-state index is 0.0594. The first-order chi connectivity index (χ1) is 10.1. The summed E-state index contributed by atoms with van der Waals surface area (Å²) < 4.78 is 23.5. The first-order valence-electron chi connectivity index (χ1n) is 6.20. The predicted octanol–water partition coefficient (Wildman–Crippen LogP) is 3.17. The third kappa shape index (κ3) is 3.16. The summed E-state index contributed by atoms with van der Waals surface area (Å²) >= 11 is 3.33. The van der Waals surface area contributed by atoms with Crippen LogP contribution in [0.15, 0.2) is 51.8 Å². The van der Waals surface area contributed by atoms with Gasteiger partial charge in [-0.25, -0.2) is 0 Å². The molecule has 1 aliphatic rings. The lowest BCUT2D eigenvalue weighted by molar-refractivity contribution is 0.102. The molecule has 0 fully saturated rings. The normalized spacial score (nSPS) is 14.0. The first-order valence-corrected chi connectivity index (χ1v) is 8.31. The van der Waals surface area contributed by atoms with Crippen LogP contribution in [0.1, 0.15) is 10.4 Å². The Morgan fingerprint density at radius 1 is 1.14 bits per heavy atom. The molecule has 0 aliphatic carbocycles. The maximum absolute atomic E-state index is 12.2. The van der Waals surface area contributed by atoms with Gasteiger partial charge in [-0.15, -0.1) is 0 Å². The fraction of sp³-hybridized carbons (Fsp3) is 0.133. The molecule has 0 saturated carbocycles. The second kappa shape index (κ2) is 5.99. The zero-order valence-electron chi connectivity index (χ0n) is 10.9. The lowest BCUT2D eigenvalue weighted by Gasteiger charge is -2.04. The Hall–Kier alpha value is -1.66. The van der Waals surface area contributed by atoms with Crippen LogP contribution in [0, 0.1) is 0 Å². The molecule has 0 bridgehead atoms. The van der Waals surface area contributed by atoms with Crippen LogP contribution in [0.25, 0.3) is 0 Å². The molecule has 0 aromatic heterocycles. The number of fused-ring (bicyclic) bond motifs is 1. The Morgan fingerprint density at radius 3 is 2.76 bits per heavy atom. The fourth-order valence-electron chi connectivity index (χ4n) is 1.96. The molecule has 0 amide bonds. The Kier molecular flexibility index (Phi) is 4.07. The Morgan fingerprint density at radius 2 is 1.95 bits per heavy atom. The number of hydrogen-bond donors (Lipinski definition) is 0. The summed E-state index contributed by atoms with van der Waals surface area (Å²) in [6.45, 7) is 0.164. The van der Waals surface area contributed by atoms with Crippen molar-refractivity contribution in [2.75, 3.05) is 12.5 Å². The highest BCUT2D eigenvalue weighted by atomic mass is 79.9. The van der Waals surface area contributed by atoms with Crippen molar-refractivity contribution < 1.29 is 18.5 Å². The van der Waals surface area contributed by atoms with Gasteiger partial charge in [-0.05, 0) is 36.4 Å². The zero-order valence-corrected chi connectivity index (χ0v) is 13.3. The van der Waals surface area contributed by atoms with Gasteiger partial charge in [0.25, 0.3) is 0 Å². The Balaban J connectivity index is 1.76. The highest BCUT2D eigenvalue weighted by Gasteiger charge is 2.18. The van der Waals surface area contributed by atoms with E-state index in [9.17, 15) is 9.00 Å². The molecular weight excluding hydrogens is 356 g/mol. The molecule has 1 heterocycles. The van der Waals surface area contributed by atoms with Crippen LogP contribution in [0.4, 0.5) is 0 Å². The summed E-state index contributed by atoms with van der Waals surface area (Å²) in [7, 11) is -1.37. The number of ketones is 1. The van der Waals surface area contributed by atoms with E-state index in [1.165, 1.54) is 0 Å². The van der Waals surface area contributed by atoms with Gasteiger partial charge in [0.05, 0.1) is 16.6 Å². The average Bonchev–Trinajstić information content (AvgIpc) is 2.94. The number of hydrogen-bond acceptors (Lipinski definition) is 4. The Labute approximate surface area is 132 Å². The van der Waals surface area contributed by atoms with Crippen LogP contribution in [0.2, 0.25) is 0 Å². The highest BCUT2D eigenvalue weighted by molar-refractivity contribution is 9.10. The van der Waals surface area contributed by atoms with Gasteiger partial charge in [0.15, 0.2) is 17.3 Å². The summed E-state index contributed by atoms with van der Waals surface area (Å²) in [4.78, 5) is 12.8. The van der Waals surface area contributed by atoms with Crippen molar-refractivity contribution in [3.05, 3.63) is 52.5 Å². The maximum Gasteiger partial charge on any atom is 0.231 e. The summed E-state index contributed by atoms with van der Waals surface area (Å²) in [5.74, 6) is 0.927. The van der Waals surface area contributed by atoms with Crippen molar-refractivity contribution in [1.29, 1.82) is 0 Å². The zero-order chi connectivity index (χ0) is 14.8. The number of carbonyl (C=O) groups is 1. The third-order valence-electron chi connectivity index (χ3n) is 3.02. The van der Waals surface area contributed by atoms with Crippen LogP contribution >= 0.6 is 15.9 Å². The molecule has 6 heteroatoms. The van der Waals surface area contributed by atoms with Gasteiger partial charge in [0.2, 0.25) is 6.79 Å². The minimum Gasteiger partial charge on any atom is -0.454 e. The predicted molar refractivity (Wildman–Crippen MR) is 82.3 cm³/mol. The van der Waals surface area contributed by atoms with Gasteiger partial charge in [0.1, 0.15) is 0 Å². The van der Waals surface area contributed by atoms with Crippen molar-refractivity contribution in [3.8, 4) is 11.5 Å². The smallest absolute Gasteiger partial charge is 0.231 e. The second-order valence-corrected chi connectivity index (χ2v) is 6.81. The Bertz CT molecular complexity index is 729. The minimum atomic E-state index is -1.37. The molecule has 3 rings (SSSR count). The average molecular weight is 367 g/mol. The lowest BCUT2D eigenvalue weighted by Crippen LogP contribution is -2.11. The van der Waals surface area contributed by atoms with Gasteiger partial charge in [-0.1, -0.05) is 22.0 Å². The van der Waals surface area contributed by atoms with Crippen LogP contribution in [-0.4, -0.2) is 22.5 Å². The number of rotatable bonds is 4. The molecule has 2 aromatic rings.